The molecule has 7 nitrogen and oxygen atoms in total. The van der Waals surface area contributed by atoms with E-state index in [9.17, 15) is 13.6 Å². The highest BCUT2D eigenvalue weighted by Gasteiger charge is 2.10. The molecule has 0 aliphatic rings. The molecule has 0 saturated carbocycles. The summed E-state index contributed by atoms with van der Waals surface area (Å²) in [5, 5.41) is 8.96. The Morgan fingerprint density at radius 2 is 1.88 bits per heavy atom. The standard InChI is InChI=1S/C15H11F2N5O2/c1-8-4-13(22-24-8)21-15-18-6-9(7-19-15)14(23)20-10-2-3-11(16)12(17)5-10/h2-7H,1H3,(H,20,23)(H,18,19,21,22). The van der Waals surface area contributed by atoms with E-state index in [1.54, 1.807) is 13.0 Å². The van der Waals surface area contributed by atoms with Crippen LogP contribution in [0, 0.1) is 18.6 Å². The first-order chi connectivity index (χ1) is 11.5. The Balaban J connectivity index is 1.68. The van der Waals surface area contributed by atoms with Crippen LogP contribution in [0.5, 0.6) is 0 Å². The first-order valence-corrected chi connectivity index (χ1v) is 6.80. The topological polar surface area (TPSA) is 92.9 Å². The van der Waals surface area contributed by atoms with Gasteiger partial charge in [-0.15, -0.1) is 0 Å². The van der Waals surface area contributed by atoms with E-state index in [1.807, 2.05) is 0 Å². The van der Waals surface area contributed by atoms with Crippen LogP contribution >= 0.6 is 0 Å². The predicted octanol–water partition coefficient (Wildman–Crippen LogP) is 3.05. The molecule has 0 unspecified atom stereocenters. The Kier molecular flexibility index (Phi) is 4.15. The minimum atomic E-state index is -1.05. The van der Waals surface area contributed by atoms with E-state index in [0.717, 1.165) is 12.1 Å². The molecule has 1 amide bonds. The number of nitrogens with zero attached hydrogens (tertiary/aromatic N) is 3. The third kappa shape index (κ3) is 3.51. The third-order valence-electron chi connectivity index (χ3n) is 2.96. The fraction of sp³-hybridized carbons (Fsp3) is 0.0667. The number of aryl methyl sites for hydroxylation is 1. The molecule has 3 rings (SSSR count). The zero-order chi connectivity index (χ0) is 17.1. The second-order valence-electron chi connectivity index (χ2n) is 4.83. The van der Waals surface area contributed by atoms with Crippen molar-refractivity contribution in [1.29, 1.82) is 0 Å². The van der Waals surface area contributed by atoms with Gasteiger partial charge in [0.05, 0.1) is 5.56 Å². The molecule has 0 fully saturated rings. The quantitative estimate of drug-likeness (QED) is 0.763. The van der Waals surface area contributed by atoms with Crippen molar-refractivity contribution in [2.45, 2.75) is 6.92 Å². The van der Waals surface area contributed by atoms with Gasteiger partial charge in [0.25, 0.3) is 5.91 Å². The molecule has 1 aromatic carbocycles. The van der Waals surface area contributed by atoms with Gasteiger partial charge in [-0.05, 0) is 19.1 Å². The minimum absolute atomic E-state index is 0.124. The SMILES string of the molecule is Cc1cc(Nc2ncc(C(=O)Nc3ccc(F)c(F)c3)cn2)no1. The zero-order valence-corrected chi connectivity index (χ0v) is 12.4. The lowest BCUT2D eigenvalue weighted by atomic mass is 10.2. The average molecular weight is 331 g/mol. The van der Waals surface area contributed by atoms with Crippen LogP contribution in [0.2, 0.25) is 0 Å². The molecule has 9 heteroatoms. The zero-order valence-electron chi connectivity index (χ0n) is 12.4. The van der Waals surface area contributed by atoms with Crippen molar-refractivity contribution in [3.63, 3.8) is 0 Å². The molecular formula is C15H11F2N5O2. The van der Waals surface area contributed by atoms with Crippen LogP contribution in [0.25, 0.3) is 0 Å². The lowest BCUT2D eigenvalue weighted by molar-refractivity contribution is 0.102. The van der Waals surface area contributed by atoms with E-state index in [-0.39, 0.29) is 17.2 Å². The highest BCUT2D eigenvalue weighted by molar-refractivity contribution is 6.03. The molecule has 0 bridgehead atoms. The number of rotatable bonds is 4. The minimum Gasteiger partial charge on any atom is -0.360 e. The molecule has 2 aromatic heterocycles. The number of amides is 1. The Labute approximate surface area is 134 Å². The summed E-state index contributed by atoms with van der Waals surface area (Å²) in [6.07, 6.45) is 2.58. The van der Waals surface area contributed by atoms with E-state index in [0.29, 0.717) is 11.6 Å². The van der Waals surface area contributed by atoms with Crippen LogP contribution in [0.1, 0.15) is 16.1 Å². The Hall–Kier alpha value is -3.36. The van der Waals surface area contributed by atoms with Gasteiger partial charge >= 0.3 is 0 Å². The van der Waals surface area contributed by atoms with E-state index in [2.05, 4.69) is 25.8 Å². The fourth-order valence-electron chi connectivity index (χ4n) is 1.83. The Morgan fingerprint density at radius 1 is 1.12 bits per heavy atom. The molecule has 2 heterocycles. The Morgan fingerprint density at radius 3 is 2.50 bits per heavy atom. The molecule has 0 saturated heterocycles. The van der Waals surface area contributed by atoms with Gasteiger partial charge in [-0.3, -0.25) is 4.79 Å². The predicted molar refractivity (Wildman–Crippen MR) is 80.9 cm³/mol. The molecule has 24 heavy (non-hydrogen) atoms. The van der Waals surface area contributed by atoms with Crippen LogP contribution in [-0.2, 0) is 0 Å². The van der Waals surface area contributed by atoms with Crippen LogP contribution < -0.4 is 10.6 Å². The summed E-state index contributed by atoms with van der Waals surface area (Å²) in [6.45, 7) is 1.74. The summed E-state index contributed by atoms with van der Waals surface area (Å²) >= 11 is 0. The van der Waals surface area contributed by atoms with E-state index in [4.69, 9.17) is 4.52 Å². The van der Waals surface area contributed by atoms with Gasteiger partial charge in [-0.25, -0.2) is 18.7 Å². The second kappa shape index (κ2) is 6.41. The highest BCUT2D eigenvalue weighted by Crippen LogP contribution is 2.15. The van der Waals surface area contributed by atoms with Gasteiger partial charge in [0.2, 0.25) is 5.95 Å². The number of aromatic nitrogens is 3. The summed E-state index contributed by atoms with van der Waals surface area (Å²) in [4.78, 5) is 20.0. The first kappa shape index (κ1) is 15.5. The van der Waals surface area contributed by atoms with E-state index < -0.39 is 17.5 Å². The van der Waals surface area contributed by atoms with Crippen LogP contribution in [0.15, 0.2) is 41.2 Å². The maximum absolute atomic E-state index is 13.1. The largest absolute Gasteiger partial charge is 0.360 e. The number of benzene rings is 1. The number of hydrogen-bond donors (Lipinski definition) is 2. The van der Waals surface area contributed by atoms with Crippen molar-refractivity contribution in [2.75, 3.05) is 10.6 Å². The molecule has 2 N–H and O–H groups in total. The van der Waals surface area contributed by atoms with Gasteiger partial charge in [0.15, 0.2) is 17.5 Å². The lowest BCUT2D eigenvalue weighted by Gasteiger charge is -2.06. The van der Waals surface area contributed by atoms with E-state index >= 15 is 0 Å². The van der Waals surface area contributed by atoms with Crippen molar-refractivity contribution in [2.24, 2.45) is 0 Å². The maximum atomic E-state index is 13.1. The number of nitrogens with one attached hydrogen (secondary N) is 2. The van der Waals surface area contributed by atoms with Crippen molar-refractivity contribution in [1.82, 2.24) is 15.1 Å². The van der Waals surface area contributed by atoms with Crippen molar-refractivity contribution >= 4 is 23.4 Å². The number of halogens is 2. The first-order valence-electron chi connectivity index (χ1n) is 6.80. The van der Waals surface area contributed by atoms with Gasteiger partial charge < -0.3 is 15.2 Å². The van der Waals surface area contributed by atoms with Gasteiger partial charge in [0.1, 0.15) is 5.76 Å². The summed E-state index contributed by atoms with van der Waals surface area (Å²) in [5.74, 6) is -1.30. The molecule has 122 valence electrons. The summed E-state index contributed by atoms with van der Waals surface area (Å²) < 4.78 is 30.9. The van der Waals surface area contributed by atoms with Crippen LogP contribution in [0.3, 0.4) is 0 Å². The fourth-order valence-corrected chi connectivity index (χ4v) is 1.83. The van der Waals surface area contributed by atoms with Gasteiger partial charge in [-0.2, -0.15) is 0 Å². The monoisotopic (exact) mass is 331 g/mol. The third-order valence-corrected chi connectivity index (χ3v) is 2.96. The van der Waals surface area contributed by atoms with E-state index in [1.165, 1.54) is 18.5 Å². The summed E-state index contributed by atoms with van der Waals surface area (Å²) in [7, 11) is 0. The molecular weight excluding hydrogens is 320 g/mol. The molecule has 0 radical (unpaired) electrons. The van der Waals surface area contributed by atoms with Crippen LogP contribution in [-0.4, -0.2) is 21.0 Å². The molecule has 0 spiro atoms. The summed E-state index contributed by atoms with van der Waals surface area (Å²) in [5.41, 5.74) is 0.279. The number of hydrogen-bond acceptors (Lipinski definition) is 6. The number of anilines is 3. The molecule has 0 aliphatic heterocycles. The van der Waals surface area contributed by atoms with Gasteiger partial charge in [0, 0.05) is 30.2 Å². The number of carbonyl (C=O) groups is 1. The van der Waals surface area contributed by atoms with Crippen molar-refractivity contribution in [3.05, 3.63) is 59.6 Å². The lowest BCUT2D eigenvalue weighted by Crippen LogP contribution is -2.13. The molecule has 3 aromatic rings. The summed E-state index contributed by atoms with van der Waals surface area (Å²) in [6, 6.07) is 4.72. The molecule has 0 atom stereocenters. The number of carbonyl (C=O) groups excluding carboxylic acids is 1. The van der Waals surface area contributed by atoms with Gasteiger partial charge in [-0.1, -0.05) is 5.16 Å². The van der Waals surface area contributed by atoms with Crippen molar-refractivity contribution in [3.8, 4) is 0 Å². The normalized spacial score (nSPS) is 10.5. The Bertz CT molecular complexity index is 880. The van der Waals surface area contributed by atoms with Crippen molar-refractivity contribution < 1.29 is 18.1 Å². The maximum Gasteiger partial charge on any atom is 0.258 e. The highest BCUT2D eigenvalue weighted by atomic mass is 19.2. The van der Waals surface area contributed by atoms with Crippen LogP contribution in [0.4, 0.5) is 26.2 Å². The average Bonchev–Trinajstić information content (AvgIpc) is 2.96. The second-order valence-corrected chi connectivity index (χ2v) is 4.83. The smallest absolute Gasteiger partial charge is 0.258 e. The molecule has 0 aliphatic carbocycles.